The molecule has 0 saturated heterocycles. The Labute approximate surface area is 191 Å². The molecule has 10 heteroatoms. The third kappa shape index (κ3) is 4.23. The molecule has 0 unspecified atom stereocenters. The SMILES string of the molecule is CN(C)CCS(=O)(=O)N(C)c1c2c(c(O)c3ncccc13)C(=O)N(Cc1ccc(F)cc1)C2. The molecule has 1 amide bonds. The number of pyridine rings is 1. The topological polar surface area (TPSA) is 94.0 Å². The maximum atomic E-state index is 13.3. The Bertz CT molecular complexity index is 1330. The number of aromatic nitrogens is 1. The summed E-state index contributed by atoms with van der Waals surface area (Å²) in [4.78, 5) is 20.8. The predicted molar refractivity (Wildman–Crippen MR) is 124 cm³/mol. The van der Waals surface area contributed by atoms with E-state index in [0.717, 1.165) is 0 Å². The number of nitrogens with zero attached hydrogens (tertiary/aromatic N) is 4. The van der Waals surface area contributed by atoms with Gasteiger partial charge in [0.1, 0.15) is 11.3 Å². The lowest BCUT2D eigenvalue weighted by atomic mass is 10.0. The number of rotatable bonds is 7. The van der Waals surface area contributed by atoms with Crippen LogP contribution in [0.25, 0.3) is 10.9 Å². The normalized spacial score (nSPS) is 13.7. The fourth-order valence-electron chi connectivity index (χ4n) is 4.00. The zero-order valence-electron chi connectivity index (χ0n) is 18.6. The number of sulfonamides is 1. The molecule has 3 aromatic rings. The van der Waals surface area contributed by atoms with Crippen LogP contribution in [0.15, 0.2) is 42.6 Å². The number of hydrogen-bond donors (Lipinski definition) is 1. The number of amides is 1. The number of carbonyl (C=O) groups is 1. The maximum Gasteiger partial charge on any atom is 0.258 e. The molecule has 2 aromatic carbocycles. The van der Waals surface area contributed by atoms with Crippen LogP contribution in [0.1, 0.15) is 21.5 Å². The van der Waals surface area contributed by atoms with Crippen LogP contribution in [0.2, 0.25) is 0 Å². The zero-order valence-corrected chi connectivity index (χ0v) is 19.4. The van der Waals surface area contributed by atoms with Crippen molar-refractivity contribution in [2.75, 3.05) is 37.7 Å². The second kappa shape index (κ2) is 8.60. The lowest BCUT2D eigenvalue weighted by molar-refractivity contribution is 0.0764. The molecule has 0 spiro atoms. The van der Waals surface area contributed by atoms with E-state index < -0.39 is 15.9 Å². The first-order valence-electron chi connectivity index (χ1n) is 10.4. The van der Waals surface area contributed by atoms with E-state index in [1.54, 1.807) is 43.3 Å². The number of fused-ring (bicyclic) bond motifs is 2. The van der Waals surface area contributed by atoms with Crippen molar-refractivity contribution in [3.63, 3.8) is 0 Å². The van der Waals surface area contributed by atoms with E-state index in [2.05, 4.69) is 4.98 Å². The molecule has 8 nitrogen and oxygen atoms in total. The Balaban J connectivity index is 1.82. The maximum absolute atomic E-state index is 13.3. The number of aromatic hydroxyl groups is 1. The van der Waals surface area contributed by atoms with Gasteiger partial charge in [0, 0.05) is 43.8 Å². The highest BCUT2D eigenvalue weighted by Gasteiger charge is 2.37. The van der Waals surface area contributed by atoms with Gasteiger partial charge in [0.2, 0.25) is 10.0 Å². The Morgan fingerprint density at radius 2 is 1.85 bits per heavy atom. The van der Waals surface area contributed by atoms with E-state index in [9.17, 15) is 22.7 Å². The fourth-order valence-corrected chi connectivity index (χ4v) is 5.36. The van der Waals surface area contributed by atoms with Crippen LogP contribution in [-0.4, -0.2) is 67.7 Å². The average molecular weight is 473 g/mol. The largest absolute Gasteiger partial charge is 0.505 e. The third-order valence-electron chi connectivity index (χ3n) is 5.78. The summed E-state index contributed by atoms with van der Waals surface area (Å²) < 4.78 is 40.7. The number of benzene rings is 2. The van der Waals surface area contributed by atoms with Crippen LogP contribution in [0.5, 0.6) is 5.75 Å². The summed E-state index contributed by atoms with van der Waals surface area (Å²) in [6.07, 6.45) is 1.48. The van der Waals surface area contributed by atoms with Crippen LogP contribution in [0.4, 0.5) is 10.1 Å². The lowest BCUT2D eigenvalue weighted by Crippen LogP contribution is -2.34. The highest BCUT2D eigenvalue weighted by atomic mass is 32.2. The molecule has 1 N–H and O–H groups in total. The van der Waals surface area contributed by atoms with Crippen molar-refractivity contribution >= 4 is 32.5 Å². The smallest absolute Gasteiger partial charge is 0.258 e. The summed E-state index contributed by atoms with van der Waals surface area (Å²) in [7, 11) is 1.31. The predicted octanol–water partition coefficient (Wildman–Crippen LogP) is 2.56. The molecule has 1 aliphatic rings. The van der Waals surface area contributed by atoms with E-state index in [4.69, 9.17) is 0 Å². The van der Waals surface area contributed by atoms with Gasteiger partial charge in [-0.05, 0) is 43.9 Å². The first kappa shape index (κ1) is 22.9. The molecular weight excluding hydrogens is 447 g/mol. The van der Waals surface area contributed by atoms with E-state index in [1.165, 1.54) is 34.6 Å². The van der Waals surface area contributed by atoms with Crippen LogP contribution in [0, 0.1) is 5.82 Å². The molecule has 2 heterocycles. The Kier molecular flexibility index (Phi) is 5.98. The summed E-state index contributed by atoms with van der Waals surface area (Å²) in [5.41, 5.74) is 1.69. The number of halogens is 1. The minimum atomic E-state index is -3.72. The van der Waals surface area contributed by atoms with Crippen LogP contribution >= 0.6 is 0 Å². The minimum Gasteiger partial charge on any atom is -0.505 e. The molecule has 4 rings (SSSR count). The molecule has 0 radical (unpaired) electrons. The molecule has 0 fully saturated rings. The third-order valence-corrected chi connectivity index (χ3v) is 7.49. The fraction of sp³-hybridized carbons (Fsp3) is 0.304. The number of phenols is 1. The van der Waals surface area contributed by atoms with Crippen molar-refractivity contribution in [2.24, 2.45) is 0 Å². The summed E-state index contributed by atoms with van der Waals surface area (Å²) in [6.45, 7) is 0.624. The summed E-state index contributed by atoms with van der Waals surface area (Å²) in [6, 6.07) is 9.14. The molecule has 33 heavy (non-hydrogen) atoms. The molecular formula is C23H25FN4O4S. The van der Waals surface area contributed by atoms with Crippen LogP contribution in [0.3, 0.4) is 0 Å². The second-order valence-electron chi connectivity index (χ2n) is 8.32. The van der Waals surface area contributed by atoms with Gasteiger partial charge < -0.3 is 14.9 Å². The van der Waals surface area contributed by atoms with Crippen molar-refractivity contribution in [1.29, 1.82) is 0 Å². The van der Waals surface area contributed by atoms with Gasteiger partial charge in [-0.2, -0.15) is 0 Å². The first-order valence-corrected chi connectivity index (χ1v) is 12.0. The monoisotopic (exact) mass is 472 g/mol. The molecule has 0 aliphatic carbocycles. The summed E-state index contributed by atoms with van der Waals surface area (Å²) >= 11 is 0. The van der Waals surface area contributed by atoms with Gasteiger partial charge in [0.25, 0.3) is 5.91 Å². The van der Waals surface area contributed by atoms with Gasteiger partial charge in [-0.1, -0.05) is 12.1 Å². The summed E-state index contributed by atoms with van der Waals surface area (Å²) in [5.74, 6) is -1.19. The molecule has 0 atom stereocenters. The average Bonchev–Trinajstić information content (AvgIpc) is 3.10. The van der Waals surface area contributed by atoms with E-state index >= 15 is 0 Å². The number of carbonyl (C=O) groups excluding carboxylic acids is 1. The Morgan fingerprint density at radius 3 is 2.52 bits per heavy atom. The number of anilines is 1. The lowest BCUT2D eigenvalue weighted by Gasteiger charge is -2.25. The second-order valence-corrected chi connectivity index (χ2v) is 10.4. The molecule has 0 saturated carbocycles. The quantitative estimate of drug-likeness (QED) is 0.568. The standard InChI is InChI=1S/C23H25FN4O4S/c1-26(2)11-12-33(31,32)27(3)21-17-5-4-10-25-20(17)22(29)19-18(21)14-28(23(19)30)13-15-6-8-16(24)9-7-15/h4-10,29H,11-14H2,1-3H3. The highest BCUT2D eigenvalue weighted by Crippen LogP contribution is 2.44. The van der Waals surface area contributed by atoms with Gasteiger partial charge in [-0.3, -0.25) is 14.1 Å². The molecule has 1 aromatic heterocycles. The van der Waals surface area contributed by atoms with Crippen LogP contribution < -0.4 is 4.31 Å². The van der Waals surface area contributed by atoms with Gasteiger partial charge in [-0.15, -0.1) is 0 Å². The van der Waals surface area contributed by atoms with Gasteiger partial charge in [0.15, 0.2) is 5.75 Å². The number of hydrogen-bond acceptors (Lipinski definition) is 6. The van der Waals surface area contributed by atoms with E-state index in [1.807, 2.05) is 0 Å². The van der Waals surface area contributed by atoms with Crippen molar-refractivity contribution in [1.82, 2.24) is 14.8 Å². The molecule has 0 bridgehead atoms. The number of phenolic OH excluding ortho intramolecular Hbond substituents is 1. The van der Waals surface area contributed by atoms with Crippen LogP contribution in [-0.2, 0) is 23.1 Å². The van der Waals surface area contributed by atoms with Crippen molar-refractivity contribution in [3.8, 4) is 5.75 Å². The van der Waals surface area contributed by atoms with Gasteiger partial charge in [0.05, 0.1) is 17.0 Å². The van der Waals surface area contributed by atoms with Crippen molar-refractivity contribution in [3.05, 3.63) is 65.1 Å². The highest BCUT2D eigenvalue weighted by molar-refractivity contribution is 7.92. The van der Waals surface area contributed by atoms with E-state index in [-0.39, 0.29) is 41.5 Å². The molecule has 174 valence electrons. The molecule has 1 aliphatic heterocycles. The zero-order chi connectivity index (χ0) is 23.9. The Hall–Kier alpha value is -3.24. The van der Waals surface area contributed by atoms with E-state index in [0.29, 0.717) is 28.7 Å². The van der Waals surface area contributed by atoms with Crippen molar-refractivity contribution in [2.45, 2.75) is 13.1 Å². The van der Waals surface area contributed by atoms with Gasteiger partial charge >= 0.3 is 0 Å². The minimum absolute atomic E-state index is 0.0490. The summed E-state index contributed by atoms with van der Waals surface area (Å²) in [5, 5.41) is 11.4. The Morgan fingerprint density at radius 1 is 1.15 bits per heavy atom. The first-order chi connectivity index (χ1) is 15.6. The van der Waals surface area contributed by atoms with Gasteiger partial charge in [-0.25, -0.2) is 12.8 Å². The van der Waals surface area contributed by atoms with Crippen molar-refractivity contribution < 1.29 is 22.7 Å².